The summed E-state index contributed by atoms with van der Waals surface area (Å²) < 4.78 is 0. The Kier molecular flexibility index (Phi) is 8.01. The molecule has 0 aromatic heterocycles. The zero-order chi connectivity index (χ0) is 13.2. The number of hydrogen-bond donors (Lipinski definition) is 2. The fourth-order valence-corrected chi connectivity index (χ4v) is 2.50. The molecule has 0 radical (unpaired) electrons. The number of nitrogens with zero attached hydrogens (tertiary/aromatic N) is 1. The molecule has 1 fully saturated rings. The molecule has 1 amide bonds. The molecule has 0 spiro atoms. The number of carbonyl (C=O) groups excluding carboxylic acids is 1. The molecule has 4 nitrogen and oxygen atoms in total. The van der Waals surface area contributed by atoms with Crippen molar-refractivity contribution in [2.24, 2.45) is 5.73 Å². The lowest BCUT2D eigenvalue weighted by atomic mass is 10.1. The average molecular weight is 255 g/mol. The number of rotatable bonds is 8. The summed E-state index contributed by atoms with van der Waals surface area (Å²) in [6.45, 7) is 5.35. The first-order chi connectivity index (χ1) is 8.79. The van der Waals surface area contributed by atoms with Gasteiger partial charge in [-0.05, 0) is 6.42 Å². The number of carbonyl (C=O) groups is 1. The van der Waals surface area contributed by atoms with Crippen molar-refractivity contribution < 1.29 is 4.79 Å². The molecule has 0 bridgehead atoms. The Morgan fingerprint density at radius 1 is 1.28 bits per heavy atom. The Bertz CT molecular complexity index is 233. The van der Waals surface area contributed by atoms with Gasteiger partial charge in [-0.3, -0.25) is 4.79 Å². The van der Waals surface area contributed by atoms with Crippen LogP contribution in [0.3, 0.4) is 0 Å². The second-order valence-corrected chi connectivity index (χ2v) is 5.20. The Labute approximate surface area is 111 Å². The summed E-state index contributed by atoms with van der Waals surface area (Å²) in [6.07, 6.45) is 8.09. The fraction of sp³-hybridized carbons (Fsp3) is 0.929. The fourth-order valence-electron chi connectivity index (χ4n) is 2.50. The summed E-state index contributed by atoms with van der Waals surface area (Å²) in [4.78, 5) is 14.1. The van der Waals surface area contributed by atoms with Gasteiger partial charge in [-0.15, -0.1) is 0 Å². The minimum Gasteiger partial charge on any atom is -0.336 e. The third-order valence-electron chi connectivity index (χ3n) is 3.69. The maximum Gasteiger partial charge on any atom is 0.222 e. The summed E-state index contributed by atoms with van der Waals surface area (Å²) in [5.74, 6) is 0.294. The normalized spacial score (nSPS) is 20.1. The molecule has 1 rings (SSSR count). The van der Waals surface area contributed by atoms with Gasteiger partial charge in [-0.2, -0.15) is 0 Å². The minimum atomic E-state index is 0.200. The highest BCUT2D eigenvalue weighted by Crippen LogP contribution is 2.10. The van der Waals surface area contributed by atoms with Gasteiger partial charge in [0.2, 0.25) is 5.91 Å². The lowest BCUT2D eigenvalue weighted by molar-refractivity contribution is -0.134. The zero-order valence-corrected chi connectivity index (χ0v) is 11.8. The summed E-state index contributed by atoms with van der Waals surface area (Å²) in [5.41, 5.74) is 5.71. The molecule has 0 aromatic carbocycles. The molecule has 1 atom stereocenters. The largest absolute Gasteiger partial charge is 0.336 e. The van der Waals surface area contributed by atoms with Crippen LogP contribution in [0.15, 0.2) is 0 Å². The van der Waals surface area contributed by atoms with Gasteiger partial charge in [-0.1, -0.05) is 39.0 Å². The second kappa shape index (κ2) is 9.34. The van der Waals surface area contributed by atoms with Crippen LogP contribution >= 0.6 is 0 Å². The average Bonchev–Trinajstić information content (AvgIpc) is 2.42. The van der Waals surface area contributed by atoms with E-state index in [1.807, 2.05) is 4.90 Å². The molecule has 4 heteroatoms. The first kappa shape index (κ1) is 15.4. The standard InChI is InChI=1S/C14H29N3O/c1-2-3-4-5-6-7-8-14(18)17-10-9-16-12-13(17)11-15/h13,16H,2-12,15H2,1H3. The van der Waals surface area contributed by atoms with Gasteiger partial charge in [0.15, 0.2) is 0 Å². The highest BCUT2D eigenvalue weighted by Gasteiger charge is 2.24. The molecular formula is C14H29N3O. The van der Waals surface area contributed by atoms with Crippen molar-refractivity contribution in [2.45, 2.75) is 57.9 Å². The van der Waals surface area contributed by atoms with Crippen LogP contribution in [-0.4, -0.2) is 43.0 Å². The van der Waals surface area contributed by atoms with E-state index in [0.29, 0.717) is 18.9 Å². The van der Waals surface area contributed by atoms with E-state index >= 15 is 0 Å². The first-order valence-corrected chi connectivity index (χ1v) is 7.49. The molecule has 18 heavy (non-hydrogen) atoms. The molecule has 0 saturated carbocycles. The first-order valence-electron chi connectivity index (χ1n) is 7.49. The Hall–Kier alpha value is -0.610. The van der Waals surface area contributed by atoms with E-state index in [2.05, 4.69) is 12.2 Å². The number of unbranched alkanes of at least 4 members (excludes halogenated alkanes) is 5. The minimum absolute atomic E-state index is 0.200. The van der Waals surface area contributed by atoms with Gasteiger partial charge in [0.05, 0.1) is 6.04 Å². The number of hydrogen-bond acceptors (Lipinski definition) is 3. The van der Waals surface area contributed by atoms with Crippen molar-refractivity contribution in [1.82, 2.24) is 10.2 Å². The quantitative estimate of drug-likeness (QED) is 0.646. The Balaban J connectivity index is 2.14. The van der Waals surface area contributed by atoms with Crippen molar-refractivity contribution >= 4 is 5.91 Å². The van der Waals surface area contributed by atoms with Crippen molar-refractivity contribution in [1.29, 1.82) is 0 Å². The summed E-state index contributed by atoms with van der Waals surface area (Å²) in [5, 5.41) is 3.29. The lowest BCUT2D eigenvalue weighted by Gasteiger charge is -2.35. The van der Waals surface area contributed by atoms with E-state index in [9.17, 15) is 4.79 Å². The van der Waals surface area contributed by atoms with Crippen LogP contribution in [0.5, 0.6) is 0 Å². The monoisotopic (exact) mass is 255 g/mol. The van der Waals surface area contributed by atoms with Crippen LogP contribution in [0.25, 0.3) is 0 Å². The smallest absolute Gasteiger partial charge is 0.222 e. The van der Waals surface area contributed by atoms with E-state index in [0.717, 1.165) is 26.1 Å². The SMILES string of the molecule is CCCCCCCCC(=O)N1CCNCC1CN. The van der Waals surface area contributed by atoms with Crippen LogP contribution in [0.2, 0.25) is 0 Å². The predicted molar refractivity (Wildman–Crippen MR) is 75.4 cm³/mol. The van der Waals surface area contributed by atoms with Crippen LogP contribution in [0, 0.1) is 0 Å². The second-order valence-electron chi connectivity index (χ2n) is 5.20. The van der Waals surface area contributed by atoms with Crippen molar-refractivity contribution in [3.8, 4) is 0 Å². The van der Waals surface area contributed by atoms with Crippen molar-refractivity contribution in [3.05, 3.63) is 0 Å². The van der Waals surface area contributed by atoms with Crippen LogP contribution in [0.1, 0.15) is 51.9 Å². The molecule has 1 aliphatic heterocycles. The van der Waals surface area contributed by atoms with Gasteiger partial charge in [0, 0.05) is 32.6 Å². The topological polar surface area (TPSA) is 58.4 Å². The zero-order valence-electron chi connectivity index (χ0n) is 11.8. The summed E-state index contributed by atoms with van der Waals surface area (Å²) >= 11 is 0. The third-order valence-corrected chi connectivity index (χ3v) is 3.69. The van der Waals surface area contributed by atoms with Crippen LogP contribution in [-0.2, 0) is 4.79 Å². The molecule has 1 saturated heterocycles. The van der Waals surface area contributed by atoms with Gasteiger partial charge < -0.3 is 16.0 Å². The molecule has 1 aliphatic rings. The van der Waals surface area contributed by atoms with Crippen molar-refractivity contribution in [3.63, 3.8) is 0 Å². The van der Waals surface area contributed by atoms with Gasteiger partial charge in [0.1, 0.15) is 0 Å². The molecule has 1 unspecified atom stereocenters. The summed E-state index contributed by atoms with van der Waals surface area (Å²) in [7, 11) is 0. The number of nitrogens with one attached hydrogen (secondary N) is 1. The van der Waals surface area contributed by atoms with E-state index in [-0.39, 0.29) is 6.04 Å². The van der Waals surface area contributed by atoms with E-state index < -0.39 is 0 Å². The van der Waals surface area contributed by atoms with Crippen LogP contribution < -0.4 is 11.1 Å². The molecule has 106 valence electrons. The number of piperazine rings is 1. The molecule has 1 heterocycles. The number of amides is 1. The maximum atomic E-state index is 12.1. The molecule has 3 N–H and O–H groups in total. The van der Waals surface area contributed by atoms with Gasteiger partial charge in [0.25, 0.3) is 0 Å². The van der Waals surface area contributed by atoms with E-state index in [1.165, 1.54) is 32.1 Å². The molecule has 0 aromatic rings. The Morgan fingerprint density at radius 3 is 2.72 bits per heavy atom. The maximum absolute atomic E-state index is 12.1. The van der Waals surface area contributed by atoms with E-state index in [4.69, 9.17) is 5.73 Å². The highest BCUT2D eigenvalue weighted by atomic mass is 16.2. The van der Waals surface area contributed by atoms with E-state index in [1.54, 1.807) is 0 Å². The lowest BCUT2D eigenvalue weighted by Crippen LogP contribution is -2.56. The molecular weight excluding hydrogens is 226 g/mol. The third kappa shape index (κ3) is 5.36. The highest BCUT2D eigenvalue weighted by molar-refractivity contribution is 5.76. The van der Waals surface area contributed by atoms with Crippen molar-refractivity contribution in [2.75, 3.05) is 26.2 Å². The summed E-state index contributed by atoms with van der Waals surface area (Å²) in [6, 6.07) is 0.200. The Morgan fingerprint density at radius 2 is 2.00 bits per heavy atom. The van der Waals surface area contributed by atoms with Crippen LogP contribution in [0.4, 0.5) is 0 Å². The predicted octanol–water partition coefficient (Wildman–Crippen LogP) is 1.50. The molecule has 0 aliphatic carbocycles. The number of nitrogens with two attached hydrogens (primary N) is 1. The van der Waals surface area contributed by atoms with Gasteiger partial charge in [-0.25, -0.2) is 0 Å². The van der Waals surface area contributed by atoms with Gasteiger partial charge >= 0.3 is 0 Å².